The smallest absolute Gasteiger partial charge is 0.281 e. The van der Waals surface area contributed by atoms with E-state index in [1.165, 1.54) is 39.7 Å². The maximum atomic E-state index is 12.9. The fraction of sp³-hybridized carbons (Fsp3) is 0.200. The van der Waals surface area contributed by atoms with E-state index in [9.17, 15) is 9.18 Å². The van der Waals surface area contributed by atoms with E-state index in [1.807, 2.05) is 0 Å². The number of nitrogens with zero attached hydrogens (tertiary/aromatic N) is 1. The summed E-state index contributed by atoms with van der Waals surface area (Å²) in [4.78, 5) is 12.0. The molecule has 0 unspecified atom stereocenters. The molecule has 0 radical (unpaired) electrons. The second kappa shape index (κ2) is 7.59. The van der Waals surface area contributed by atoms with Crippen molar-refractivity contribution in [1.29, 1.82) is 0 Å². The number of rotatable bonds is 6. The number of nitrogens with one attached hydrogen (secondary N) is 1. The maximum Gasteiger partial charge on any atom is 0.281 e. The number of carbonyl (C=O) groups excluding carboxylic acids is 1. The average Bonchev–Trinajstić information content (AvgIpc) is 3.00. The van der Waals surface area contributed by atoms with E-state index < -0.39 is 11.0 Å². The van der Waals surface area contributed by atoms with Crippen LogP contribution >= 0.6 is 11.3 Å². The lowest BCUT2D eigenvalue weighted by Gasteiger charge is -2.13. The molecule has 1 aromatic heterocycles. The largest absolute Gasteiger partial charge is 0.493 e. The van der Waals surface area contributed by atoms with Crippen molar-refractivity contribution in [1.82, 2.24) is 5.43 Å². The van der Waals surface area contributed by atoms with Gasteiger partial charge < -0.3 is 14.2 Å². The summed E-state index contributed by atoms with van der Waals surface area (Å²) < 4.78 is 28.6. The Morgan fingerprint density at radius 1 is 1.13 bits per heavy atom. The summed E-state index contributed by atoms with van der Waals surface area (Å²) in [6.07, 6.45) is 1.41. The third-order valence-corrected chi connectivity index (χ3v) is 3.77. The molecule has 0 saturated heterocycles. The molecule has 0 spiro atoms. The molecule has 0 aliphatic carbocycles. The molecule has 0 saturated carbocycles. The second-order valence-corrected chi connectivity index (χ2v) is 5.26. The van der Waals surface area contributed by atoms with Crippen LogP contribution in [-0.4, -0.2) is 33.5 Å². The summed E-state index contributed by atoms with van der Waals surface area (Å²) in [6, 6.07) is 6.02. The van der Waals surface area contributed by atoms with E-state index in [2.05, 4.69) is 10.5 Å². The molecule has 1 heterocycles. The Balaban J connectivity index is 2.17. The first-order chi connectivity index (χ1) is 11.1. The Bertz CT molecular complexity index is 730. The number of methoxy groups -OCH3 is 3. The number of benzene rings is 1. The standard InChI is InChI=1S/C15H15FN2O4S/c1-20-10-5-4-9(13(21-2)14(10)22-3)8-17-18-15(19)11-6-7-12(16)23-11/h4-8H,1-3H3,(H,18,19)/b17-8+. The quantitative estimate of drug-likeness (QED) is 0.649. The van der Waals surface area contributed by atoms with Gasteiger partial charge in [0.25, 0.3) is 5.91 Å². The minimum absolute atomic E-state index is 0.235. The fourth-order valence-corrected chi connectivity index (χ4v) is 2.50. The van der Waals surface area contributed by atoms with E-state index in [1.54, 1.807) is 12.1 Å². The molecule has 1 amide bonds. The molecule has 0 bridgehead atoms. The minimum Gasteiger partial charge on any atom is -0.493 e. The topological polar surface area (TPSA) is 69.2 Å². The van der Waals surface area contributed by atoms with Crippen LogP contribution in [0.2, 0.25) is 0 Å². The fourth-order valence-electron chi connectivity index (χ4n) is 1.88. The van der Waals surface area contributed by atoms with Gasteiger partial charge in [0.05, 0.1) is 32.4 Å². The molecule has 0 fully saturated rings. The van der Waals surface area contributed by atoms with Gasteiger partial charge in [0.15, 0.2) is 16.6 Å². The van der Waals surface area contributed by atoms with Crippen LogP contribution in [0.15, 0.2) is 29.4 Å². The Labute approximate surface area is 136 Å². The van der Waals surface area contributed by atoms with Gasteiger partial charge in [-0.1, -0.05) is 0 Å². The Morgan fingerprint density at radius 3 is 2.43 bits per heavy atom. The number of hydrazone groups is 1. The highest BCUT2D eigenvalue weighted by atomic mass is 32.1. The van der Waals surface area contributed by atoms with Crippen molar-refractivity contribution in [3.63, 3.8) is 0 Å². The van der Waals surface area contributed by atoms with Crippen LogP contribution < -0.4 is 19.6 Å². The molecule has 0 aliphatic rings. The van der Waals surface area contributed by atoms with Gasteiger partial charge in [-0.25, -0.2) is 5.43 Å². The lowest BCUT2D eigenvalue weighted by Crippen LogP contribution is -2.16. The Kier molecular flexibility index (Phi) is 5.53. The van der Waals surface area contributed by atoms with Crippen LogP contribution in [0.5, 0.6) is 17.2 Å². The molecule has 6 nitrogen and oxygen atoms in total. The Hall–Kier alpha value is -2.61. The van der Waals surface area contributed by atoms with Gasteiger partial charge in [0.2, 0.25) is 5.75 Å². The van der Waals surface area contributed by atoms with E-state index in [-0.39, 0.29) is 4.88 Å². The van der Waals surface area contributed by atoms with E-state index in [0.717, 1.165) is 11.3 Å². The zero-order valence-corrected chi connectivity index (χ0v) is 13.6. The zero-order chi connectivity index (χ0) is 16.8. The third kappa shape index (κ3) is 3.78. The van der Waals surface area contributed by atoms with Gasteiger partial charge in [-0.2, -0.15) is 9.49 Å². The number of hydrogen-bond donors (Lipinski definition) is 1. The highest BCUT2D eigenvalue weighted by Gasteiger charge is 2.14. The molecule has 2 rings (SSSR count). The van der Waals surface area contributed by atoms with Crippen molar-refractivity contribution in [3.05, 3.63) is 39.8 Å². The summed E-state index contributed by atoms with van der Waals surface area (Å²) in [7, 11) is 4.50. The number of carbonyl (C=O) groups is 1. The van der Waals surface area contributed by atoms with Crippen LogP contribution in [0.25, 0.3) is 0 Å². The van der Waals surface area contributed by atoms with Gasteiger partial charge in [-0.15, -0.1) is 11.3 Å². The summed E-state index contributed by atoms with van der Waals surface area (Å²) in [6.45, 7) is 0. The van der Waals surface area contributed by atoms with Crippen molar-refractivity contribution in [3.8, 4) is 17.2 Å². The molecule has 2 aromatic rings. The minimum atomic E-state index is -0.491. The van der Waals surface area contributed by atoms with Crippen LogP contribution in [-0.2, 0) is 0 Å². The first-order valence-corrected chi connectivity index (χ1v) is 7.30. The van der Waals surface area contributed by atoms with E-state index in [4.69, 9.17) is 14.2 Å². The van der Waals surface area contributed by atoms with Crippen molar-refractivity contribution in [2.24, 2.45) is 5.10 Å². The first kappa shape index (κ1) is 16.8. The number of ether oxygens (including phenoxy) is 3. The monoisotopic (exact) mass is 338 g/mol. The summed E-state index contributed by atoms with van der Waals surface area (Å²) >= 11 is 0.747. The van der Waals surface area contributed by atoms with Gasteiger partial charge >= 0.3 is 0 Å². The van der Waals surface area contributed by atoms with Gasteiger partial charge in [-0.3, -0.25) is 4.79 Å². The highest BCUT2D eigenvalue weighted by molar-refractivity contribution is 7.12. The zero-order valence-electron chi connectivity index (χ0n) is 12.8. The number of thiophene rings is 1. The van der Waals surface area contributed by atoms with E-state index in [0.29, 0.717) is 22.8 Å². The number of hydrogen-bond acceptors (Lipinski definition) is 6. The predicted octanol–water partition coefficient (Wildman–Crippen LogP) is 2.68. The van der Waals surface area contributed by atoms with Crippen molar-refractivity contribution < 1.29 is 23.4 Å². The summed E-state index contributed by atoms with van der Waals surface area (Å²) in [5.74, 6) is 0.867. The molecule has 1 N–H and O–H groups in total. The van der Waals surface area contributed by atoms with Gasteiger partial charge in [0, 0.05) is 5.56 Å². The molecular formula is C15H15FN2O4S. The molecule has 8 heteroatoms. The van der Waals surface area contributed by atoms with Gasteiger partial charge in [-0.05, 0) is 24.3 Å². The van der Waals surface area contributed by atoms with Crippen LogP contribution in [0, 0.1) is 5.13 Å². The molecule has 0 aliphatic heterocycles. The Morgan fingerprint density at radius 2 is 1.87 bits per heavy atom. The molecule has 1 aromatic carbocycles. The van der Waals surface area contributed by atoms with Crippen molar-refractivity contribution in [2.75, 3.05) is 21.3 Å². The lowest BCUT2D eigenvalue weighted by molar-refractivity contribution is 0.0959. The average molecular weight is 338 g/mol. The SMILES string of the molecule is COc1ccc(/C=N/NC(=O)c2ccc(F)s2)c(OC)c1OC. The van der Waals surface area contributed by atoms with Gasteiger partial charge in [0.1, 0.15) is 0 Å². The molecule has 23 heavy (non-hydrogen) atoms. The van der Waals surface area contributed by atoms with Crippen LogP contribution in [0.3, 0.4) is 0 Å². The third-order valence-electron chi connectivity index (χ3n) is 2.90. The normalized spacial score (nSPS) is 10.6. The highest BCUT2D eigenvalue weighted by Crippen LogP contribution is 2.38. The second-order valence-electron chi connectivity index (χ2n) is 4.23. The predicted molar refractivity (Wildman–Crippen MR) is 85.4 cm³/mol. The number of halogens is 1. The number of amides is 1. The molecule has 122 valence electrons. The van der Waals surface area contributed by atoms with Crippen molar-refractivity contribution in [2.45, 2.75) is 0 Å². The summed E-state index contributed by atoms with van der Waals surface area (Å²) in [5.41, 5.74) is 2.91. The van der Waals surface area contributed by atoms with Crippen LogP contribution in [0.1, 0.15) is 15.2 Å². The van der Waals surface area contributed by atoms with E-state index >= 15 is 0 Å². The molecule has 0 atom stereocenters. The first-order valence-electron chi connectivity index (χ1n) is 6.48. The van der Waals surface area contributed by atoms with Crippen LogP contribution in [0.4, 0.5) is 4.39 Å². The van der Waals surface area contributed by atoms with Crippen molar-refractivity contribution >= 4 is 23.5 Å². The summed E-state index contributed by atoms with van der Waals surface area (Å²) in [5, 5.41) is 3.42. The molecular weight excluding hydrogens is 323 g/mol. The maximum absolute atomic E-state index is 12.9. The lowest BCUT2D eigenvalue weighted by atomic mass is 10.2.